The van der Waals surface area contributed by atoms with Crippen LogP contribution in [0, 0.1) is 5.41 Å². The zero-order chi connectivity index (χ0) is 10.9. The molecule has 0 aliphatic heterocycles. The lowest BCUT2D eigenvalue weighted by atomic mass is 9.97. The van der Waals surface area contributed by atoms with Gasteiger partial charge in [-0.3, -0.25) is 4.79 Å². The highest BCUT2D eigenvalue weighted by Gasteiger charge is 2.49. The van der Waals surface area contributed by atoms with Crippen molar-refractivity contribution in [2.45, 2.75) is 26.2 Å². The standard InChI is InChI=1S/C12H14O3/c1-9(7-10-3-2-6-15-10)8-12(4-5-12)11(13)14/h2-3,6-7H,4-5,8H2,1H3,(H,13,14)/b9-7+. The van der Waals surface area contributed by atoms with Crippen LogP contribution in [0.25, 0.3) is 6.08 Å². The minimum Gasteiger partial charge on any atom is -0.481 e. The Morgan fingerprint density at radius 2 is 2.40 bits per heavy atom. The largest absolute Gasteiger partial charge is 0.481 e. The molecule has 3 heteroatoms. The summed E-state index contributed by atoms with van der Waals surface area (Å²) in [6, 6.07) is 3.69. The van der Waals surface area contributed by atoms with Gasteiger partial charge in [0.2, 0.25) is 0 Å². The number of furan rings is 1. The van der Waals surface area contributed by atoms with Gasteiger partial charge < -0.3 is 9.52 Å². The summed E-state index contributed by atoms with van der Waals surface area (Å²) in [5.41, 5.74) is 0.581. The van der Waals surface area contributed by atoms with Crippen molar-refractivity contribution in [2.75, 3.05) is 0 Å². The Morgan fingerprint density at radius 3 is 2.87 bits per heavy atom. The van der Waals surface area contributed by atoms with Gasteiger partial charge in [-0.1, -0.05) is 5.57 Å². The normalized spacial score (nSPS) is 18.9. The predicted octanol–water partition coefficient (Wildman–Crippen LogP) is 2.94. The van der Waals surface area contributed by atoms with Crippen LogP contribution in [0.3, 0.4) is 0 Å². The molecule has 1 aliphatic rings. The fourth-order valence-corrected chi connectivity index (χ4v) is 1.82. The van der Waals surface area contributed by atoms with Gasteiger partial charge in [0, 0.05) is 0 Å². The molecule has 0 unspecified atom stereocenters. The second kappa shape index (κ2) is 3.57. The highest BCUT2D eigenvalue weighted by molar-refractivity contribution is 5.78. The third kappa shape index (κ3) is 2.12. The molecule has 1 saturated carbocycles. The Kier molecular flexibility index (Phi) is 2.39. The SMILES string of the molecule is C/C(=C\c1ccco1)CC1(C(=O)O)CC1. The van der Waals surface area contributed by atoms with E-state index in [4.69, 9.17) is 9.52 Å². The molecule has 0 atom stereocenters. The highest BCUT2D eigenvalue weighted by atomic mass is 16.4. The van der Waals surface area contributed by atoms with Crippen molar-refractivity contribution in [1.82, 2.24) is 0 Å². The molecule has 1 heterocycles. The molecule has 1 N–H and O–H groups in total. The van der Waals surface area contributed by atoms with Crippen molar-refractivity contribution in [3.63, 3.8) is 0 Å². The molecular formula is C12H14O3. The monoisotopic (exact) mass is 206 g/mol. The zero-order valence-electron chi connectivity index (χ0n) is 8.69. The summed E-state index contributed by atoms with van der Waals surface area (Å²) in [6.07, 6.45) is 5.74. The fourth-order valence-electron chi connectivity index (χ4n) is 1.82. The summed E-state index contributed by atoms with van der Waals surface area (Å²) in [7, 11) is 0. The molecule has 0 bridgehead atoms. The van der Waals surface area contributed by atoms with Gasteiger partial charge in [0.05, 0.1) is 11.7 Å². The quantitative estimate of drug-likeness (QED) is 0.823. The molecule has 2 rings (SSSR count). The molecule has 3 nitrogen and oxygen atoms in total. The van der Waals surface area contributed by atoms with Crippen LogP contribution in [0.2, 0.25) is 0 Å². The zero-order valence-corrected chi connectivity index (χ0v) is 8.69. The average Bonchev–Trinajstić information content (AvgIpc) is 2.75. The van der Waals surface area contributed by atoms with Crippen LogP contribution in [-0.2, 0) is 4.79 Å². The maximum Gasteiger partial charge on any atom is 0.309 e. The van der Waals surface area contributed by atoms with E-state index in [0.717, 1.165) is 24.2 Å². The highest BCUT2D eigenvalue weighted by Crippen LogP contribution is 2.50. The van der Waals surface area contributed by atoms with E-state index in [9.17, 15) is 4.79 Å². The number of carboxylic acid groups (broad SMARTS) is 1. The summed E-state index contributed by atoms with van der Waals surface area (Å²) in [5, 5.41) is 9.03. The van der Waals surface area contributed by atoms with Crippen LogP contribution >= 0.6 is 0 Å². The number of hydrogen-bond acceptors (Lipinski definition) is 2. The summed E-state index contributed by atoms with van der Waals surface area (Å²) in [5.74, 6) is 0.114. The smallest absolute Gasteiger partial charge is 0.309 e. The van der Waals surface area contributed by atoms with Gasteiger partial charge in [-0.05, 0) is 44.4 Å². The second-order valence-corrected chi connectivity index (χ2v) is 4.27. The maximum absolute atomic E-state index is 11.0. The first-order chi connectivity index (χ1) is 7.12. The van der Waals surface area contributed by atoms with Crippen LogP contribution in [0.4, 0.5) is 0 Å². The van der Waals surface area contributed by atoms with Gasteiger partial charge in [-0.2, -0.15) is 0 Å². The summed E-state index contributed by atoms with van der Waals surface area (Å²) < 4.78 is 5.18. The van der Waals surface area contributed by atoms with Crippen molar-refractivity contribution < 1.29 is 14.3 Å². The number of carboxylic acids is 1. The van der Waals surface area contributed by atoms with E-state index in [1.165, 1.54) is 0 Å². The van der Waals surface area contributed by atoms with Crippen LogP contribution in [0.5, 0.6) is 0 Å². The van der Waals surface area contributed by atoms with Crippen molar-refractivity contribution in [3.8, 4) is 0 Å². The Bertz CT molecular complexity index is 383. The van der Waals surface area contributed by atoms with Crippen LogP contribution in [0.15, 0.2) is 28.4 Å². The van der Waals surface area contributed by atoms with Crippen molar-refractivity contribution >= 4 is 12.0 Å². The fraction of sp³-hybridized carbons (Fsp3) is 0.417. The Hall–Kier alpha value is -1.51. The minimum atomic E-state index is -0.672. The summed E-state index contributed by atoms with van der Waals surface area (Å²) in [4.78, 5) is 11.0. The Labute approximate surface area is 88.4 Å². The molecule has 0 saturated heterocycles. The third-order valence-electron chi connectivity index (χ3n) is 2.86. The molecule has 1 fully saturated rings. The number of aliphatic carboxylic acids is 1. The lowest BCUT2D eigenvalue weighted by Crippen LogP contribution is -2.14. The summed E-state index contributed by atoms with van der Waals surface area (Å²) in [6.45, 7) is 1.95. The van der Waals surface area contributed by atoms with Crippen LogP contribution < -0.4 is 0 Å². The van der Waals surface area contributed by atoms with Crippen LogP contribution in [-0.4, -0.2) is 11.1 Å². The van der Waals surface area contributed by atoms with Gasteiger partial charge in [0.25, 0.3) is 0 Å². The van der Waals surface area contributed by atoms with Gasteiger partial charge >= 0.3 is 5.97 Å². The van der Waals surface area contributed by atoms with Gasteiger partial charge in [0.1, 0.15) is 5.76 Å². The van der Waals surface area contributed by atoms with Crippen LogP contribution in [0.1, 0.15) is 31.9 Å². The Balaban J connectivity index is 2.04. The van der Waals surface area contributed by atoms with E-state index in [1.807, 2.05) is 25.1 Å². The van der Waals surface area contributed by atoms with Crippen molar-refractivity contribution in [1.29, 1.82) is 0 Å². The molecule has 1 aromatic rings. The molecule has 80 valence electrons. The molecule has 0 radical (unpaired) electrons. The third-order valence-corrected chi connectivity index (χ3v) is 2.86. The Morgan fingerprint density at radius 1 is 1.67 bits per heavy atom. The van der Waals surface area contributed by atoms with E-state index in [-0.39, 0.29) is 0 Å². The van der Waals surface area contributed by atoms with Gasteiger partial charge in [-0.25, -0.2) is 0 Å². The topological polar surface area (TPSA) is 50.4 Å². The van der Waals surface area contributed by atoms with Gasteiger partial charge in [-0.15, -0.1) is 0 Å². The number of hydrogen-bond donors (Lipinski definition) is 1. The molecule has 0 spiro atoms. The minimum absolute atomic E-state index is 0.479. The first-order valence-corrected chi connectivity index (χ1v) is 5.06. The lowest BCUT2D eigenvalue weighted by Gasteiger charge is -2.08. The van der Waals surface area contributed by atoms with E-state index in [2.05, 4.69) is 0 Å². The van der Waals surface area contributed by atoms with E-state index in [1.54, 1.807) is 6.26 Å². The summed E-state index contributed by atoms with van der Waals surface area (Å²) >= 11 is 0. The molecule has 1 aliphatic carbocycles. The molecule has 15 heavy (non-hydrogen) atoms. The molecule has 0 aromatic carbocycles. The van der Waals surface area contributed by atoms with E-state index < -0.39 is 11.4 Å². The lowest BCUT2D eigenvalue weighted by molar-refractivity contribution is -0.143. The maximum atomic E-state index is 11.0. The average molecular weight is 206 g/mol. The first-order valence-electron chi connectivity index (χ1n) is 5.06. The number of rotatable bonds is 4. The second-order valence-electron chi connectivity index (χ2n) is 4.27. The van der Waals surface area contributed by atoms with Crippen molar-refractivity contribution in [3.05, 3.63) is 29.7 Å². The molecule has 1 aromatic heterocycles. The predicted molar refractivity (Wildman–Crippen MR) is 56.3 cm³/mol. The molecule has 0 amide bonds. The molecular weight excluding hydrogens is 192 g/mol. The number of allylic oxidation sites excluding steroid dienone is 1. The van der Waals surface area contributed by atoms with E-state index in [0.29, 0.717) is 6.42 Å². The van der Waals surface area contributed by atoms with E-state index >= 15 is 0 Å². The van der Waals surface area contributed by atoms with Gasteiger partial charge in [0.15, 0.2) is 0 Å². The van der Waals surface area contributed by atoms with Crippen molar-refractivity contribution in [2.24, 2.45) is 5.41 Å². The first kappa shape index (κ1) is 10.0. The number of carbonyl (C=O) groups is 1.